The molecule has 2 atom stereocenters. The van der Waals surface area contributed by atoms with E-state index in [1.807, 2.05) is 0 Å². The molecule has 0 aliphatic rings. The number of phosphoric acid groups is 1. The van der Waals surface area contributed by atoms with Crippen LogP contribution in [-0.2, 0) is 29.6 Å². The molecule has 0 radical (unpaired) electrons. The van der Waals surface area contributed by atoms with Crippen LogP contribution in [-0.4, -0.2) is 77.0 Å². The standard InChI is InChI=1S/C21H29N6O8P/c1-13-24-18(22)17-19(25-13)27(21(29)26-17)10-14-4-6-15(7-5-14)20(28)23-8-9-34-36(30,31)35-12-16(33-3)11-32-2/h4-7,16H,8-12H2,1-3H3,(H,23,28)(H,26,29)(H,30,31)(H2,22,24,25). The molecule has 1 amide bonds. The molecule has 15 heteroatoms. The number of hydrogen-bond acceptors (Lipinski definition) is 10. The summed E-state index contributed by atoms with van der Waals surface area (Å²) < 4.78 is 33.0. The second kappa shape index (κ2) is 12.2. The molecule has 14 nitrogen and oxygen atoms in total. The third kappa shape index (κ3) is 7.20. The minimum Gasteiger partial charge on any atom is -0.382 e. The number of hydrogen-bond donors (Lipinski definition) is 4. The monoisotopic (exact) mass is 524 g/mol. The average molecular weight is 524 g/mol. The second-order valence-corrected chi connectivity index (χ2v) is 9.19. The van der Waals surface area contributed by atoms with E-state index in [1.165, 1.54) is 18.8 Å². The van der Waals surface area contributed by atoms with Crippen molar-refractivity contribution in [3.05, 3.63) is 51.7 Å². The first kappa shape index (κ1) is 27.5. The van der Waals surface area contributed by atoms with Gasteiger partial charge < -0.3 is 30.4 Å². The van der Waals surface area contributed by atoms with Crippen LogP contribution in [0.4, 0.5) is 5.82 Å². The largest absolute Gasteiger partial charge is 0.472 e. The van der Waals surface area contributed by atoms with E-state index in [2.05, 4.69) is 20.3 Å². The zero-order valence-corrected chi connectivity index (χ0v) is 21.0. The molecule has 0 saturated carbocycles. The number of imidazole rings is 1. The molecule has 0 aliphatic carbocycles. The number of nitrogens with one attached hydrogen (secondary N) is 2. The number of ether oxygens (including phenoxy) is 2. The van der Waals surface area contributed by atoms with Crippen LogP contribution in [0.25, 0.3) is 11.2 Å². The van der Waals surface area contributed by atoms with Crippen molar-refractivity contribution in [2.75, 3.05) is 46.3 Å². The lowest BCUT2D eigenvalue weighted by molar-refractivity contribution is -0.00794. The number of H-pyrrole nitrogens is 1. The van der Waals surface area contributed by atoms with Gasteiger partial charge in [0.1, 0.15) is 17.4 Å². The van der Waals surface area contributed by atoms with Gasteiger partial charge in [-0.15, -0.1) is 0 Å². The third-order valence-corrected chi connectivity index (χ3v) is 6.06. The van der Waals surface area contributed by atoms with Gasteiger partial charge in [0.05, 0.1) is 26.4 Å². The molecule has 0 aliphatic heterocycles. The normalized spacial score (nSPS) is 14.0. The Bertz CT molecular complexity index is 1290. The molecule has 5 N–H and O–H groups in total. The van der Waals surface area contributed by atoms with Gasteiger partial charge in [-0.2, -0.15) is 0 Å². The number of nitrogens with two attached hydrogens (primary N) is 1. The molecule has 2 unspecified atom stereocenters. The zero-order valence-electron chi connectivity index (χ0n) is 20.1. The van der Waals surface area contributed by atoms with E-state index in [4.69, 9.17) is 24.3 Å². The summed E-state index contributed by atoms with van der Waals surface area (Å²) in [5.74, 6) is 0.232. The van der Waals surface area contributed by atoms with Crippen molar-refractivity contribution >= 4 is 30.7 Å². The lowest BCUT2D eigenvalue weighted by atomic mass is 10.1. The summed E-state index contributed by atoms with van der Waals surface area (Å²) in [6, 6.07) is 6.60. The number of nitrogen functional groups attached to an aromatic ring is 1. The first-order valence-corrected chi connectivity index (χ1v) is 12.4. The highest BCUT2D eigenvalue weighted by molar-refractivity contribution is 7.47. The summed E-state index contributed by atoms with van der Waals surface area (Å²) in [5.41, 5.74) is 7.38. The van der Waals surface area contributed by atoms with Crippen molar-refractivity contribution < 1.29 is 32.8 Å². The summed E-state index contributed by atoms with van der Waals surface area (Å²) >= 11 is 0. The molecule has 1 aromatic carbocycles. The number of aromatic amines is 1. The van der Waals surface area contributed by atoms with Crippen LogP contribution in [0, 0.1) is 6.92 Å². The number of phosphoric ester groups is 1. The summed E-state index contributed by atoms with van der Waals surface area (Å²) in [6.07, 6.45) is -0.521. The van der Waals surface area contributed by atoms with Crippen molar-refractivity contribution in [2.45, 2.75) is 19.6 Å². The van der Waals surface area contributed by atoms with Crippen LogP contribution in [0.5, 0.6) is 0 Å². The summed E-state index contributed by atoms with van der Waals surface area (Å²) in [5, 5.41) is 2.59. The quantitative estimate of drug-likeness (QED) is 0.181. The van der Waals surface area contributed by atoms with E-state index < -0.39 is 19.8 Å². The van der Waals surface area contributed by atoms with E-state index in [-0.39, 0.29) is 44.4 Å². The number of aryl methyl sites for hydroxylation is 1. The number of nitrogens with zero attached hydrogens (tertiary/aromatic N) is 3. The summed E-state index contributed by atoms with van der Waals surface area (Å²) in [4.78, 5) is 45.5. The Morgan fingerprint density at radius 1 is 1.22 bits per heavy atom. The molecule has 0 saturated heterocycles. The Morgan fingerprint density at radius 3 is 2.61 bits per heavy atom. The Hall–Kier alpha value is -3.13. The van der Waals surface area contributed by atoms with Crippen molar-refractivity contribution in [1.82, 2.24) is 24.8 Å². The molecule has 196 valence electrons. The number of benzene rings is 1. The Balaban J connectivity index is 1.51. The lowest BCUT2D eigenvalue weighted by Crippen LogP contribution is -2.27. The van der Waals surface area contributed by atoms with E-state index in [0.717, 1.165) is 5.56 Å². The van der Waals surface area contributed by atoms with Gasteiger partial charge >= 0.3 is 13.5 Å². The predicted octanol–water partition coefficient (Wildman–Crippen LogP) is 0.583. The molecule has 0 spiro atoms. The number of rotatable bonds is 13. The third-order valence-electron chi connectivity index (χ3n) is 5.07. The van der Waals surface area contributed by atoms with Gasteiger partial charge in [-0.05, 0) is 24.6 Å². The maximum atomic E-state index is 12.4. The lowest BCUT2D eigenvalue weighted by Gasteiger charge is -2.17. The number of aromatic nitrogens is 4. The summed E-state index contributed by atoms with van der Waals surface area (Å²) in [7, 11) is -1.42. The smallest absolute Gasteiger partial charge is 0.382 e. The molecule has 2 heterocycles. The fourth-order valence-electron chi connectivity index (χ4n) is 3.27. The maximum absolute atomic E-state index is 12.4. The van der Waals surface area contributed by atoms with Crippen LogP contribution in [0.3, 0.4) is 0 Å². The Morgan fingerprint density at radius 2 is 1.94 bits per heavy atom. The van der Waals surface area contributed by atoms with Crippen molar-refractivity contribution in [2.24, 2.45) is 0 Å². The minimum atomic E-state index is -4.31. The SMILES string of the molecule is COCC(COP(=O)(O)OCCNC(=O)c1ccc(Cn2c(=O)[nH]c3c(N)nc(C)nc32)cc1)OC. The number of anilines is 1. The molecule has 0 bridgehead atoms. The van der Waals surface area contributed by atoms with Crippen molar-refractivity contribution in [1.29, 1.82) is 0 Å². The second-order valence-electron chi connectivity index (χ2n) is 7.73. The van der Waals surface area contributed by atoms with E-state index in [1.54, 1.807) is 31.2 Å². The number of fused-ring (bicyclic) bond motifs is 1. The Labute approximate surface area is 206 Å². The van der Waals surface area contributed by atoms with Crippen LogP contribution in [0.2, 0.25) is 0 Å². The maximum Gasteiger partial charge on any atom is 0.472 e. The minimum absolute atomic E-state index is 0.0223. The summed E-state index contributed by atoms with van der Waals surface area (Å²) in [6.45, 7) is 1.62. The molecule has 0 fully saturated rings. The number of carbonyl (C=O) groups excluding carboxylic acids is 1. The fraction of sp³-hybridized carbons (Fsp3) is 0.429. The van der Waals surface area contributed by atoms with Gasteiger partial charge in [0, 0.05) is 26.3 Å². The van der Waals surface area contributed by atoms with Crippen LogP contribution >= 0.6 is 7.82 Å². The van der Waals surface area contributed by atoms with Gasteiger partial charge in [-0.25, -0.2) is 19.3 Å². The zero-order chi connectivity index (χ0) is 26.3. The topological polar surface area (TPSA) is 193 Å². The van der Waals surface area contributed by atoms with Crippen LogP contribution in [0.1, 0.15) is 21.7 Å². The number of methoxy groups -OCH3 is 2. The van der Waals surface area contributed by atoms with Gasteiger partial charge in [0.25, 0.3) is 5.91 Å². The van der Waals surface area contributed by atoms with E-state index in [0.29, 0.717) is 22.6 Å². The highest BCUT2D eigenvalue weighted by Gasteiger charge is 2.23. The van der Waals surface area contributed by atoms with Crippen LogP contribution < -0.4 is 16.7 Å². The first-order chi connectivity index (χ1) is 17.1. The van der Waals surface area contributed by atoms with Crippen LogP contribution in [0.15, 0.2) is 29.1 Å². The molecular formula is C21H29N6O8P. The highest BCUT2D eigenvalue weighted by Crippen LogP contribution is 2.43. The number of carbonyl (C=O) groups is 1. The molecule has 2 aromatic heterocycles. The molecule has 3 aromatic rings. The van der Waals surface area contributed by atoms with E-state index in [9.17, 15) is 19.0 Å². The average Bonchev–Trinajstić information content (AvgIpc) is 3.15. The van der Waals surface area contributed by atoms with Crippen molar-refractivity contribution in [3.63, 3.8) is 0 Å². The van der Waals surface area contributed by atoms with Crippen molar-refractivity contribution in [3.8, 4) is 0 Å². The predicted molar refractivity (Wildman–Crippen MR) is 130 cm³/mol. The first-order valence-electron chi connectivity index (χ1n) is 10.9. The van der Waals surface area contributed by atoms with Gasteiger partial charge in [0.15, 0.2) is 11.5 Å². The van der Waals surface area contributed by atoms with Gasteiger partial charge in [-0.1, -0.05) is 12.1 Å². The molecule has 3 rings (SSSR count). The fourth-order valence-corrected chi connectivity index (χ4v) is 4.02. The van der Waals surface area contributed by atoms with Gasteiger partial charge in [0.2, 0.25) is 0 Å². The number of amides is 1. The Kier molecular flexibility index (Phi) is 9.31. The van der Waals surface area contributed by atoms with E-state index >= 15 is 0 Å². The van der Waals surface area contributed by atoms with Gasteiger partial charge in [-0.3, -0.25) is 18.4 Å². The molecule has 36 heavy (non-hydrogen) atoms. The highest BCUT2D eigenvalue weighted by atomic mass is 31.2. The molecular weight excluding hydrogens is 495 g/mol.